The minimum Gasteiger partial charge on any atom is -0.450 e. The molecular weight excluding hydrogens is 480 g/mol. The summed E-state index contributed by atoms with van der Waals surface area (Å²) in [5.41, 5.74) is 0.952. The van der Waals surface area contributed by atoms with Crippen molar-refractivity contribution in [3.05, 3.63) is 110 Å². The number of carbonyl (C=O) groups is 2. The molecule has 6 rings (SSSR count). The maximum atomic E-state index is 14.5. The molecule has 0 bridgehead atoms. The summed E-state index contributed by atoms with van der Waals surface area (Å²) in [6.07, 6.45) is 0. The van der Waals surface area contributed by atoms with Crippen LogP contribution < -0.4 is 10.3 Å². The minimum atomic E-state index is -1.76. The highest BCUT2D eigenvalue weighted by molar-refractivity contribution is 6.31. The fourth-order valence-electron chi connectivity index (χ4n) is 5.48. The lowest BCUT2D eigenvalue weighted by Gasteiger charge is -2.33. The van der Waals surface area contributed by atoms with Crippen LogP contribution in [0.4, 0.5) is 5.69 Å². The molecule has 8 heteroatoms. The van der Waals surface area contributed by atoms with E-state index in [-0.39, 0.29) is 35.4 Å². The van der Waals surface area contributed by atoms with E-state index >= 15 is 0 Å². The van der Waals surface area contributed by atoms with Crippen LogP contribution in [-0.2, 0) is 16.9 Å². The number of carbonyl (C=O) groups excluding carboxylic acids is 2. The molecule has 1 aromatic heterocycles. The average Bonchev–Trinajstić information content (AvgIpc) is 3.26. The molecule has 1 N–H and O–H groups in total. The molecule has 0 radical (unpaired) electrons. The van der Waals surface area contributed by atoms with Gasteiger partial charge in [0.25, 0.3) is 11.8 Å². The zero-order valence-electron chi connectivity index (χ0n) is 19.3. The maximum absolute atomic E-state index is 14.5. The first-order valence-electron chi connectivity index (χ1n) is 11.5. The molecule has 0 saturated carbocycles. The first-order chi connectivity index (χ1) is 17.4. The summed E-state index contributed by atoms with van der Waals surface area (Å²) in [6, 6.07) is 19.5. The predicted octanol–water partition coefficient (Wildman–Crippen LogP) is 3.99. The number of hydrogen-bond acceptors (Lipinski definition) is 5. The largest absolute Gasteiger partial charge is 0.450 e. The summed E-state index contributed by atoms with van der Waals surface area (Å²) in [6.45, 7) is 1.67. The van der Waals surface area contributed by atoms with Crippen molar-refractivity contribution in [3.8, 4) is 0 Å². The van der Waals surface area contributed by atoms with Crippen LogP contribution in [0.5, 0.6) is 0 Å². The molecule has 180 valence electrons. The highest BCUT2D eigenvalue weighted by Crippen LogP contribution is 2.52. The van der Waals surface area contributed by atoms with Crippen LogP contribution in [0.15, 0.2) is 75.9 Å². The Morgan fingerprint density at radius 3 is 2.53 bits per heavy atom. The number of para-hydroxylation sites is 1. The first-order valence-corrected chi connectivity index (χ1v) is 11.9. The van der Waals surface area contributed by atoms with Gasteiger partial charge in [-0.15, -0.1) is 0 Å². The maximum Gasteiger partial charge on any atom is 0.291 e. The second-order valence-electron chi connectivity index (χ2n) is 9.00. The zero-order valence-corrected chi connectivity index (χ0v) is 20.1. The number of β-amino-alcohol motifs (C(OH)–C–C–N with tert-alkyl or cyclic N) is 1. The van der Waals surface area contributed by atoms with Gasteiger partial charge < -0.3 is 19.3 Å². The van der Waals surface area contributed by atoms with Gasteiger partial charge >= 0.3 is 0 Å². The quantitative estimate of drug-likeness (QED) is 0.457. The number of halogens is 1. The molecule has 0 aliphatic carbocycles. The van der Waals surface area contributed by atoms with Crippen molar-refractivity contribution in [2.75, 3.05) is 18.1 Å². The van der Waals surface area contributed by atoms with Gasteiger partial charge in [0.15, 0.2) is 11.0 Å². The number of hydrogen-bond donors (Lipinski definition) is 1. The summed E-state index contributed by atoms with van der Waals surface area (Å²) >= 11 is 6.17. The van der Waals surface area contributed by atoms with Crippen LogP contribution in [0.2, 0.25) is 5.02 Å². The molecule has 3 heterocycles. The lowest BCUT2D eigenvalue weighted by Crippen LogP contribution is -2.54. The Morgan fingerprint density at radius 1 is 1.00 bits per heavy atom. The van der Waals surface area contributed by atoms with Crippen molar-refractivity contribution < 1.29 is 19.1 Å². The van der Waals surface area contributed by atoms with E-state index in [0.29, 0.717) is 16.3 Å². The lowest BCUT2D eigenvalue weighted by atomic mass is 9.84. The molecule has 0 saturated heterocycles. The minimum absolute atomic E-state index is 0.0412. The Morgan fingerprint density at radius 2 is 1.75 bits per heavy atom. The SMILES string of the molecule is Cc1ccccc1CN1C(=O)C2(c3ccccc31)c1c(oc3ccc(Cl)cc3c1=O)C(=O)N2CCO. The predicted molar refractivity (Wildman–Crippen MR) is 135 cm³/mol. The molecule has 1 unspecified atom stereocenters. The van der Waals surface area contributed by atoms with Gasteiger partial charge in [-0.05, 0) is 42.3 Å². The first kappa shape index (κ1) is 22.5. The number of nitrogens with zero attached hydrogens (tertiary/aromatic N) is 2. The van der Waals surface area contributed by atoms with Gasteiger partial charge in [-0.3, -0.25) is 14.4 Å². The van der Waals surface area contributed by atoms with E-state index in [1.54, 1.807) is 29.2 Å². The molecule has 2 amide bonds. The monoisotopic (exact) mass is 500 g/mol. The Balaban J connectivity index is 1.67. The second-order valence-corrected chi connectivity index (χ2v) is 9.44. The lowest BCUT2D eigenvalue weighted by molar-refractivity contribution is -0.126. The number of aryl methyl sites for hydroxylation is 1. The number of benzene rings is 3. The normalized spacial score (nSPS) is 18.4. The van der Waals surface area contributed by atoms with Crippen molar-refractivity contribution in [1.82, 2.24) is 4.90 Å². The van der Waals surface area contributed by atoms with Crippen molar-refractivity contribution in [2.24, 2.45) is 0 Å². The number of anilines is 1. The fraction of sp³-hybridized carbons (Fsp3) is 0.179. The van der Waals surface area contributed by atoms with Gasteiger partial charge in [-0.1, -0.05) is 54.1 Å². The van der Waals surface area contributed by atoms with Crippen molar-refractivity contribution in [2.45, 2.75) is 19.0 Å². The second kappa shape index (κ2) is 8.05. The summed E-state index contributed by atoms with van der Waals surface area (Å²) < 4.78 is 5.95. The molecule has 2 aliphatic heterocycles. The third-order valence-electron chi connectivity index (χ3n) is 7.11. The number of fused-ring (bicyclic) bond motifs is 5. The van der Waals surface area contributed by atoms with Gasteiger partial charge in [-0.2, -0.15) is 0 Å². The number of aliphatic hydroxyl groups excluding tert-OH is 1. The molecular formula is C28H21ClN2O5. The topological polar surface area (TPSA) is 91.1 Å². The average molecular weight is 501 g/mol. The molecule has 1 atom stereocenters. The summed E-state index contributed by atoms with van der Waals surface area (Å²) in [5, 5.41) is 10.4. The zero-order chi connectivity index (χ0) is 25.2. The number of amides is 2. The number of aliphatic hydroxyl groups is 1. The smallest absolute Gasteiger partial charge is 0.291 e. The van der Waals surface area contributed by atoms with Crippen molar-refractivity contribution in [1.29, 1.82) is 0 Å². The van der Waals surface area contributed by atoms with Crippen LogP contribution in [-0.4, -0.2) is 35.0 Å². The van der Waals surface area contributed by atoms with E-state index < -0.39 is 29.4 Å². The highest BCUT2D eigenvalue weighted by Gasteiger charge is 2.64. The highest BCUT2D eigenvalue weighted by atomic mass is 35.5. The molecule has 1 spiro atoms. The van der Waals surface area contributed by atoms with E-state index in [4.69, 9.17) is 16.0 Å². The van der Waals surface area contributed by atoms with Gasteiger partial charge in [0, 0.05) is 17.1 Å². The van der Waals surface area contributed by atoms with Crippen LogP contribution >= 0.6 is 11.6 Å². The van der Waals surface area contributed by atoms with Crippen LogP contribution in [0.25, 0.3) is 11.0 Å². The Kier molecular flexibility index (Phi) is 5.03. The third-order valence-corrected chi connectivity index (χ3v) is 7.35. The van der Waals surface area contributed by atoms with E-state index in [0.717, 1.165) is 11.1 Å². The number of rotatable bonds is 4. The van der Waals surface area contributed by atoms with Crippen LogP contribution in [0.3, 0.4) is 0 Å². The Labute approximate surface area is 211 Å². The van der Waals surface area contributed by atoms with Gasteiger partial charge in [0.2, 0.25) is 5.76 Å². The summed E-state index contributed by atoms with van der Waals surface area (Å²) in [5.74, 6) is -1.25. The van der Waals surface area contributed by atoms with E-state index in [1.165, 1.54) is 17.0 Å². The molecule has 4 aromatic rings. The molecule has 36 heavy (non-hydrogen) atoms. The van der Waals surface area contributed by atoms with Gasteiger partial charge in [-0.25, -0.2) is 0 Å². The van der Waals surface area contributed by atoms with E-state index in [2.05, 4.69) is 0 Å². The van der Waals surface area contributed by atoms with Gasteiger partial charge in [0.1, 0.15) is 5.58 Å². The van der Waals surface area contributed by atoms with Crippen LogP contribution in [0, 0.1) is 6.92 Å². The standard InChI is InChI=1S/C28H21ClN2O5/c1-16-6-2-3-7-17(16)15-30-21-9-5-4-8-20(21)28(27(30)35)23-24(33)19-14-18(29)10-11-22(19)36-25(23)26(34)31(28)12-13-32/h2-11,14,32H,12-13,15H2,1H3. The fourth-order valence-corrected chi connectivity index (χ4v) is 5.65. The Bertz CT molecular complexity index is 1650. The third kappa shape index (κ3) is 2.87. The molecule has 2 aliphatic rings. The Hall–Kier alpha value is -3.94. The van der Waals surface area contributed by atoms with E-state index in [9.17, 15) is 19.5 Å². The van der Waals surface area contributed by atoms with Crippen molar-refractivity contribution in [3.63, 3.8) is 0 Å². The summed E-state index contributed by atoms with van der Waals surface area (Å²) in [4.78, 5) is 45.0. The van der Waals surface area contributed by atoms with Gasteiger partial charge in [0.05, 0.1) is 29.8 Å². The molecule has 7 nitrogen and oxygen atoms in total. The molecule has 3 aromatic carbocycles. The summed E-state index contributed by atoms with van der Waals surface area (Å²) in [7, 11) is 0. The van der Waals surface area contributed by atoms with Crippen molar-refractivity contribution >= 4 is 40.1 Å². The van der Waals surface area contributed by atoms with E-state index in [1.807, 2.05) is 37.3 Å². The van der Waals surface area contributed by atoms with Crippen LogP contribution in [0.1, 0.15) is 32.8 Å². The molecule has 0 fully saturated rings.